The van der Waals surface area contributed by atoms with Crippen molar-refractivity contribution in [1.82, 2.24) is 5.32 Å². The zero-order valence-corrected chi connectivity index (χ0v) is 11.9. The Kier molecular flexibility index (Phi) is 5.24. The molecular weight excluding hydrogens is 304 g/mol. The molecule has 1 atom stereocenters. The van der Waals surface area contributed by atoms with E-state index in [4.69, 9.17) is 4.74 Å². The highest BCUT2D eigenvalue weighted by atomic mass is 32.2. The smallest absolute Gasteiger partial charge is 0.255 e. The number of carbonyl (C=O) groups excluding carboxylic acids is 1. The Labute approximate surface area is 123 Å². The average Bonchev–Trinajstić information content (AvgIpc) is 3.23. The molecule has 0 aliphatic heterocycles. The van der Waals surface area contributed by atoms with Gasteiger partial charge in [-0.1, -0.05) is 12.8 Å². The number of hydrogen-bond acceptors (Lipinski definition) is 4. The summed E-state index contributed by atoms with van der Waals surface area (Å²) < 4.78 is 53.3. The van der Waals surface area contributed by atoms with Crippen molar-refractivity contribution in [1.29, 1.82) is 0 Å². The van der Waals surface area contributed by atoms with Crippen LogP contribution in [0.3, 0.4) is 0 Å². The van der Waals surface area contributed by atoms with Gasteiger partial charge in [-0.15, -0.1) is 0 Å². The first-order valence-corrected chi connectivity index (χ1v) is 7.67. The highest BCUT2D eigenvalue weighted by Gasteiger charge is 2.21. The number of benzene rings is 1. The maximum absolute atomic E-state index is 13.7. The number of amides is 1. The maximum atomic E-state index is 13.7. The van der Waals surface area contributed by atoms with Crippen molar-refractivity contribution in [3.63, 3.8) is 0 Å². The van der Waals surface area contributed by atoms with Crippen molar-refractivity contribution < 1.29 is 27.1 Å². The van der Waals surface area contributed by atoms with Gasteiger partial charge < -0.3 is 14.6 Å². The zero-order chi connectivity index (χ0) is 15.4. The van der Waals surface area contributed by atoms with Gasteiger partial charge in [0, 0.05) is 6.07 Å². The first-order chi connectivity index (χ1) is 9.97. The second-order valence-corrected chi connectivity index (χ2v) is 5.69. The van der Waals surface area contributed by atoms with E-state index in [1.807, 2.05) is 5.32 Å². The molecule has 116 valence electrons. The molecule has 0 bridgehead atoms. The fraction of sp³-hybridized carbons (Fsp3) is 0.462. The summed E-state index contributed by atoms with van der Waals surface area (Å²) in [7, 11) is 0. The molecule has 0 aromatic heterocycles. The van der Waals surface area contributed by atoms with Gasteiger partial charge in [0.25, 0.3) is 5.91 Å². The molecule has 1 aliphatic rings. The highest BCUT2D eigenvalue weighted by molar-refractivity contribution is 7.79. The molecule has 0 radical (unpaired) electrons. The van der Waals surface area contributed by atoms with E-state index in [2.05, 4.69) is 0 Å². The number of halogens is 2. The second kappa shape index (κ2) is 6.95. The van der Waals surface area contributed by atoms with Crippen LogP contribution in [0.2, 0.25) is 0 Å². The third-order valence-corrected chi connectivity index (χ3v) is 3.48. The predicted molar refractivity (Wildman–Crippen MR) is 70.4 cm³/mol. The normalized spacial score (nSPS) is 15.6. The summed E-state index contributed by atoms with van der Waals surface area (Å²) in [6.07, 6.45) is 3.07. The zero-order valence-electron chi connectivity index (χ0n) is 11.1. The van der Waals surface area contributed by atoms with Crippen molar-refractivity contribution >= 4 is 17.0 Å². The Morgan fingerprint density at radius 3 is 2.71 bits per heavy atom. The van der Waals surface area contributed by atoms with Crippen molar-refractivity contribution in [2.24, 2.45) is 5.92 Å². The van der Waals surface area contributed by atoms with E-state index < -0.39 is 40.1 Å². The fourth-order valence-corrected chi connectivity index (χ4v) is 2.02. The molecule has 1 aromatic carbocycles. The molecule has 2 rings (SSSR count). The van der Waals surface area contributed by atoms with Crippen molar-refractivity contribution in [2.75, 3.05) is 12.5 Å². The summed E-state index contributed by atoms with van der Waals surface area (Å²) in [5.41, 5.74) is -0.563. The quantitative estimate of drug-likeness (QED) is 0.776. The van der Waals surface area contributed by atoms with E-state index in [1.165, 1.54) is 0 Å². The van der Waals surface area contributed by atoms with E-state index in [9.17, 15) is 22.3 Å². The summed E-state index contributed by atoms with van der Waals surface area (Å²) in [6, 6.07) is 1.50. The molecule has 0 heterocycles. The van der Waals surface area contributed by atoms with Crippen LogP contribution in [0.5, 0.6) is 5.75 Å². The van der Waals surface area contributed by atoms with Gasteiger partial charge in [0.1, 0.15) is 5.82 Å². The van der Waals surface area contributed by atoms with Gasteiger partial charge in [-0.25, -0.2) is 8.78 Å². The molecule has 1 unspecified atom stereocenters. The van der Waals surface area contributed by atoms with Gasteiger partial charge >= 0.3 is 0 Å². The molecule has 1 saturated carbocycles. The van der Waals surface area contributed by atoms with Crippen molar-refractivity contribution in [2.45, 2.75) is 19.3 Å². The topological polar surface area (TPSA) is 78.5 Å². The van der Waals surface area contributed by atoms with Crippen LogP contribution in [0.15, 0.2) is 12.1 Å². The molecule has 1 aromatic rings. The summed E-state index contributed by atoms with van der Waals surface area (Å²) in [4.78, 5) is 11.5. The average molecular weight is 318 g/mol. The Balaban J connectivity index is 2.00. The van der Waals surface area contributed by atoms with Crippen molar-refractivity contribution in [3.8, 4) is 5.75 Å². The van der Waals surface area contributed by atoms with Crippen LogP contribution >= 0.6 is 0 Å². The highest BCUT2D eigenvalue weighted by Crippen LogP contribution is 2.32. The molecule has 1 aliphatic carbocycles. The Hall–Kier alpha value is -1.54. The summed E-state index contributed by atoms with van der Waals surface area (Å²) in [5, 5.41) is 1.95. The fourth-order valence-electron chi connectivity index (χ4n) is 1.77. The van der Waals surface area contributed by atoms with Crippen LogP contribution in [-0.2, 0) is 11.1 Å². The van der Waals surface area contributed by atoms with E-state index in [0.29, 0.717) is 18.6 Å². The molecular formula is C13H14F2NO4S-. The number of ether oxygens (including phenoxy) is 1. The van der Waals surface area contributed by atoms with Gasteiger partial charge in [-0.05, 0) is 29.5 Å². The molecule has 0 spiro atoms. The molecule has 0 saturated heterocycles. The first-order valence-electron chi connectivity index (χ1n) is 6.43. The number of carbonyl (C=O) groups is 1. The lowest BCUT2D eigenvalue weighted by Crippen LogP contribution is -2.27. The monoisotopic (exact) mass is 318 g/mol. The standard InChI is InChI=1S/C13H15F2NO4S/c14-10-6-12(20-4-3-8-1-2-8)11(15)5-9(10)13(17)16-7-21(18)19/h5-6,8H,1-4,7H2,(H,16,17)(H,18,19)/p-1. The van der Waals surface area contributed by atoms with Gasteiger partial charge in [-0.3, -0.25) is 9.00 Å². The van der Waals surface area contributed by atoms with Gasteiger partial charge in [0.2, 0.25) is 0 Å². The predicted octanol–water partition coefficient (Wildman–Crippen LogP) is 1.71. The van der Waals surface area contributed by atoms with E-state index >= 15 is 0 Å². The molecule has 1 N–H and O–H groups in total. The van der Waals surface area contributed by atoms with Crippen LogP contribution in [0.25, 0.3) is 0 Å². The minimum Gasteiger partial charge on any atom is -0.771 e. The maximum Gasteiger partial charge on any atom is 0.255 e. The summed E-state index contributed by atoms with van der Waals surface area (Å²) in [5.74, 6) is -3.14. The summed E-state index contributed by atoms with van der Waals surface area (Å²) in [6.45, 7) is 0.293. The third-order valence-electron chi connectivity index (χ3n) is 3.10. The second-order valence-electron chi connectivity index (χ2n) is 4.80. The molecule has 1 amide bonds. The summed E-state index contributed by atoms with van der Waals surface area (Å²) >= 11 is -2.50. The van der Waals surface area contributed by atoms with Crippen LogP contribution in [0, 0.1) is 17.6 Å². The van der Waals surface area contributed by atoms with Crippen LogP contribution in [0.1, 0.15) is 29.6 Å². The lowest BCUT2D eigenvalue weighted by Gasteiger charge is -2.11. The van der Waals surface area contributed by atoms with Crippen molar-refractivity contribution in [3.05, 3.63) is 29.3 Å². The first kappa shape index (κ1) is 15.8. The van der Waals surface area contributed by atoms with Crippen LogP contribution in [-0.4, -0.2) is 27.2 Å². The lowest BCUT2D eigenvalue weighted by molar-refractivity contribution is 0.0955. The number of rotatable bonds is 7. The number of hydrogen-bond donors (Lipinski definition) is 1. The molecule has 1 fully saturated rings. The molecule has 5 nitrogen and oxygen atoms in total. The van der Waals surface area contributed by atoms with Gasteiger partial charge in [0.05, 0.1) is 18.0 Å². The van der Waals surface area contributed by atoms with E-state index in [-0.39, 0.29) is 5.75 Å². The number of nitrogens with one attached hydrogen (secondary N) is 1. The Bertz CT molecular complexity index is 563. The third kappa shape index (κ3) is 4.75. The molecule has 21 heavy (non-hydrogen) atoms. The Morgan fingerprint density at radius 2 is 2.10 bits per heavy atom. The van der Waals surface area contributed by atoms with Gasteiger partial charge in [0.15, 0.2) is 11.6 Å². The largest absolute Gasteiger partial charge is 0.771 e. The van der Waals surface area contributed by atoms with E-state index in [1.54, 1.807) is 0 Å². The Morgan fingerprint density at radius 1 is 1.38 bits per heavy atom. The van der Waals surface area contributed by atoms with Crippen LogP contribution in [0.4, 0.5) is 8.78 Å². The lowest BCUT2D eigenvalue weighted by atomic mass is 10.2. The van der Waals surface area contributed by atoms with Gasteiger partial charge in [-0.2, -0.15) is 0 Å². The minimum absolute atomic E-state index is 0.253. The minimum atomic E-state index is -2.50. The molecule has 8 heteroatoms. The van der Waals surface area contributed by atoms with Crippen LogP contribution < -0.4 is 10.1 Å². The SMILES string of the molecule is O=C(NCS(=O)[O-])c1cc(F)c(OCCC2CC2)cc1F. The van der Waals surface area contributed by atoms with E-state index in [0.717, 1.165) is 25.3 Å².